The number of aryl methyl sites for hydroxylation is 1. The summed E-state index contributed by atoms with van der Waals surface area (Å²) in [6.07, 6.45) is 0. The van der Waals surface area contributed by atoms with Gasteiger partial charge >= 0.3 is 5.97 Å². The van der Waals surface area contributed by atoms with Gasteiger partial charge in [0.2, 0.25) is 5.88 Å². The smallest absolute Gasteiger partial charge is 0.345 e. The molecule has 0 saturated carbocycles. The Bertz CT molecular complexity index is 1490. The molecule has 188 valence electrons. The summed E-state index contributed by atoms with van der Waals surface area (Å²) in [5, 5.41) is 23.3. The van der Waals surface area contributed by atoms with E-state index >= 15 is 0 Å². The minimum absolute atomic E-state index is 0.0362. The molecule has 4 aromatic rings. The van der Waals surface area contributed by atoms with Gasteiger partial charge in [0.05, 0.1) is 29.5 Å². The number of carboxylic acids is 1. The van der Waals surface area contributed by atoms with Crippen molar-refractivity contribution in [2.45, 2.75) is 13.5 Å². The fourth-order valence-electron chi connectivity index (χ4n) is 3.98. The first-order valence-electron chi connectivity index (χ1n) is 11.4. The van der Waals surface area contributed by atoms with E-state index in [2.05, 4.69) is 37.0 Å². The van der Waals surface area contributed by atoms with Gasteiger partial charge in [0, 0.05) is 40.4 Å². The molecule has 5 rings (SSSR count). The van der Waals surface area contributed by atoms with Crippen molar-refractivity contribution in [1.29, 1.82) is 5.26 Å². The highest BCUT2D eigenvalue weighted by atomic mass is 79.9. The van der Waals surface area contributed by atoms with E-state index < -0.39 is 5.97 Å². The normalized spacial score (nSPS) is 13.4. The maximum atomic E-state index is 11.3. The number of pyridine rings is 1. The third kappa shape index (κ3) is 5.36. The molecule has 3 aromatic heterocycles. The van der Waals surface area contributed by atoms with Crippen molar-refractivity contribution in [2.24, 2.45) is 0 Å². The molecule has 4 heterocycles. The number of aromatic nitrogens is 2. The number of nitrogens with zero attached hydrogens (tertiary/aromatic N) is 4. The summed E-state index contributed by atoms with van der Waals surface area (Å²) in [6, 6.07) is 15.3. The molecule has 0 atom stereocenters. The summed E-state index contributed by atoms with van der Waals surface area (Å²) < 4.78 is 17.5. The van der Waals surface area contributed by atoms with E-state index in [-0.39, 0.29) is 22.9 Å². The van der Waals surface area contributed by atoms with Gasteiger partial charge in [-0.25, -0.2) is 9.78 Å². The molecular formula is C26H21BrN4O5S. The molecule has 1 aliphatic heterocycles. The van der Waals surface area contributed by atoms with Gasteiger partial charge in [-0.2, -0.15) is 5.26 Å². The molecule has 1 saturated heterocycles. The Morgan fingerprint density at radius 3 is 2.62 bits per heavy atom. The second-order valence-corrected chi connectivity index (χ2v) is 10.3. The largest absolute Gasteiger partial charge is 0.477 e. The van der Waals surface area contributed by atoms with Crippen molar-refractivity contribution in [2.75, 3.05) is 31.2 Å². The van der Waals surface area contributed by atoms with Crippen molar-refractivity contribution in [3.8, 4) is 34.5 Å². The summed E-state index contributed by atoms with van der Waals surface area (Å²) in [5.41, 5.74) is 3.93. The number of rotatable bonds is 7. The lowest BCUT2D eigenvalue weighted by Gasteiger charge is -2.28. The Kier molecular flexibility index (Phi) is 7.23. The minimum atomic E-state index is -1.02. The Hall–Kier alpha value is -3.72. The van der Waals surface area contributed by atoms with E-state index in [0.717, 1.165) is 35.7 Å². The van der Waals surface area contributed by atoms with Crippen LogP contribution in [-0.2, 0) is 11.3 Å². The molecule has 0 bridgehead atoms. The highest BCUT2D eigenvalue weighted by Gasteiger charge is 2.21. The van der Waals surface area contributed by atoms with Crippen LogP contribution in [0.5, 0.6) is 5.88 Å². The summed E-state index contributed by atoms with van der Waals surface area (Å²) >= 11 is 4.48. The average Bonchev–Trinajstić information content (AvgIpc) is 3.52. The molecule has 37 heavy (non-hydrogen) atoms. The molecule has 1 fully saturated rings. The predicted molar refractivity (Wildman–Crippen MR) is 141 cm³/mol. The maximum Gasteiger partial charge on any atom is 0.345 e. The summed E-state index contributed by atoms with van der Waals surface area (Å²) in [6.45, 7) is 4.92. The highest BCUT2D eigenvalue weighted by molar-refractivity contribution is 9.10. The molecule has 0 spiro atoms. The number of carboxylic acid groups (broad SMARTS) is 1. The number of nitriles is 1. The Morgan fingerprint density at radius 1 is 1.24 bits per heavy atom. The van der Waals surface area contributed by atoms with Gasteiger partial charge in [0.15, 0.2) is 5.76 Å². The molecule has 1 N–H and O–H groups in total. The SMILES string of the molecule is Cc1cc(-c2cc(-c3ccc(N4CCOCC4)cc3)nc(OCc3sc(C(=O)O)cc3Br)c2C#N)on1. The zero-order valence-corrected chi connectivity index (χ0v) is 22.1. The number of halogens is 1. The highest BCUT2D eigenvalue weighted by Crippen LogP contribution is 2.36. The van der Waals surface area contributed by atoms with Gasteiger partial charge in [0.25, 0.3) is 0 Å². The van der Waals surface area contributed by atoms with E-state index in [1.807, 2.05) is 24.3 Å². The summed E-state index contributed by atoms with van der Waals surface area (Å²) in [4.78, 5) is 19.1. The second kappa shape index (κ2) is 10.7. The first-order valence-corrected chi connectivity index (χ1v) is 13.0. The number of carbonyl (C=O) groups is 1. The molecule has 1 aromatic carbocycles. The van der Waals surface area contributed by atoms with Crippen LogP contribution < -0.4 is 9.64 Å². The van der Waals surface area contributed by atoms with Gasteiger partial charge in [-0.3, -0.25) is 0 Å². The van der Waals surface area contributed by atoms with Crippen LogP contribution in [0.25, 0.3) is 22.6 Å². The molecular weight excluding hydrogens is 560 g/mol. The van der Waals surface area contributed by atoms with Crippen LogP contribution in [0.3, 0.4) is 0 Å². The first-order chi connectivity index (χ1) is 17.9. The number of anilines is 1. The zero-order chi connectivity index (χ0) is 25.9. The summed E-state index contributed by atoms with van der Waals surface area (Å²) in [5.74, 6) is -0.463. The Labute approximate surface area is 225 Å². The third-order valence-electron chi connectivity index (χ3n) is 5.84. The molecule has 0 radical (unpaired) electrons. The van der Waals surface area contributed by atoms with Crippen LogP contribution >= 0.6 is 27.3 Å². The van der Waals surface area contributed by atoms with Crippen molar-refractivity contribution in [1.82, 2.24) is 10.1 Å². The fourth-order valence-corrected chi connectivity index (χ4v) is 5.52. The van der Waals surface area contributed by atoms with Crippen LogP contribution in [0.15, 0.2) is 51.5 Å². The van der Waals surface area contributed by atoms with Crippen molar-refractivity contribution in [3.63, 3.8) is 0 Å². The number of benzene rings is 1. The second-order valence-electron chi connectivity index (χ2n) is 8.30. The van der Waals surface area contributed by atoms with E-state index in [9.17, 15) is 15.2 Å². The van der Waals surface area contributed by atoms with Crippen LogP contribution in [0.1, 0.15) is 25.8 Å². The first kappa shape index (κ1) is 25.0. The fraction of sp³-hybridized carbons (Fsp3) is 0.231. The van der Waals surface area contributed by atoms with E-state index in [4.69, 9.17) is 14.0 Å². The van der Waals surface area contributed by atoms with Gasteiger partial charge in [-0.05, 0) is 47.1 Å². The molecule has 1 aliphatic rings. The van der Waals surface area contributed by atoms with Crippen LogP contribution in [0.2, 0.25) is 0 Å². The molecule has 0 amide bonds. The van der Waals surface area contributed by atoms with Gasteiger partial charge in [-0.1, -0.05) is 17.3 Å². The van der Waals surface area contributed by atoms with Gasteiger partial charge in [-0.15, -0.1) is 11.3 Å². The number of thiophene rings is 1. The third-order valence-corrected chi connectivity index (χ3v) is 7.91. The van der Waals surface area contributed by atoms with E-state index in [1.165, 1.54) is 6.07 Å². The van der Waals surface area contributed by atoms with Gasteiger partial charge < -0.3 is 24.0 Å². The monoisotopic (exact) mass is 580 g/mol. The minimum Gasteiger partial charge on any atom is -0.477 e. The summed E-state index contributed by atoms with van der Waals surface area (Å²) in [7, 11) is 0. The van der Waals surface area contributed by atoms with E-state index in [1.54, 1.807) is 19.1 Å². The standard InChI is InChI=1S/C26H21BrN4O5S/c1-15-10-22(36-30-15)18-11-21(16-2-4-17(5-3-16)31-6-8-34-9-7-31)29-25(19(18)13-28)35-14-24-20(27)12-23(37-24)26(32)33/h2-5,10-12H,6-9,14H2,1H3,(H,32,33). The van der Waals surface area contributed by atoms with Crippen LogP contribution in [0, 0.1) is 18.3 Å². The molecule has 0 aliphatic carbocycles. The van der Waals surface area contributed by atoms with Crippen LogP contribution in [0.4, 0.5) is 5.69 Å². The maximum absolute atomic E-state index is 11.3. The number of aromatic carboxylic acids is 1. The quantitative estimate of drug-likeness (QED) is 0.301. The van der Waals surface area contributed by atoms with Crippen molar-refractivity contribution < 1.29 is 23.9 Å². The molecule has 11 heteroatoms. The number of morpholine rings is 1. The van der Waals surface area contributed by atoms with E-state index in [0.29, 0.717) is 45.3 Å². The number of hydrogen-bond acceptors (Lipinski definition) is 9. The average molecular weight is 581 g/mol. The van der Waals surface area contributed by atoms with Crippen molar-refractivity contribution >= 4 is 38.9 Å². The lowest BCUT2D eigenvalue weighted by Crippen LogP contribution is -2.36. The number of ether oxygens (including phenoxy) is 2. The lowest BCUT2D eigenvalue weighted by molar-refractivity contribution is 0.0702. The predicted octanol–water partition coefficient (Wildman–Crippen LogP) is 5.52. The lowest BCUT2D eigenvalue weighted by atomic mass is 10.0. The number of hydrogen-bond donors (Lipinski definition) is 1. The van der Waals surface area contributed by atoms with Gasteiger partial charge in [0.1, 0.15) is 23.1 Å². The molecule has 0 unspecified atom stereocenters. The Morgan fingerprint density at radius 2 is 2.00 bits per heavy atom. The zero-order valence-electron chi connectivity index (χ0n) is 19.7. The Balaban J connectivity index is 1.52. The van der Waals surface area contributed by atoms with Crippen molar-refractivity contribution in [3.05, 3.63) is 67.9 Å². The topological polar surface area (TPSA) is 122 Å². The van der Waals surface area contributed by atoms with Crippen LogP contribution in [-0.4, -0.2) is 47.5 Å². The molecule has 9 nitrogen and oxygen atoms in total.